The molecule has 0 bridgehead atoms. The molecule has 0 saturated heterocycles. The SMILES string of the molecule is O=[N+]([O-])c1ccc(/C=N\O)s1. The fourth-order valence-corrected chi connectivity index (χ4v) is 1.25. The van der Waals surface area contributed by atoms with E-state index in [1.54, 1.807) is 0 Å². The van der Waals surface area contributed by atoms with Crippen LogP contribution in [0.4, 0.5) is 5.00 Å². The van der Waals surface area contributed by atoms with E-state index in [9.17, 15) is 10.1 Å². The smallest absolute Gasteiger partial charge is 0.324 e. The van der Waals surface area contributed by atoms with Crippen LogP contribution in [0.25, 0.3) is 0 Å². The van der Waals surface area contributed by atoms with Gasteiger partial charge in [0, 0.05) is 6.07 Å². The zero-order valence-electron chi connectivity index (χ0n) is 5.30. The first-order valence-corrected chi connectivity index (χ1v) is 3.47. The van der Waals surface area contributed by atoms with Gasteiger partial charge < -0.3 is 5.21 Å². The van der Waals surface area contributed by atoms with Crippen LogP contribution in [0.15, 0.2) is 17.3 Å². The van der Waals surface area contributed by atoms with E-state index < -0.39 is 4.92 Å². The number of rotatable bonds is 2. The third-order valence-corrected chi connectivity index (χ3v) is 1.95. The number of hydrogen-bond acceptors (Lipinski definition) is 5. The van der Waals surface area contributed by atoms with Crippen LogP contribution in [0.1, 0.15) is 4.88 Å². The van der Waals surface area contributed by atoms with Gasteiger partial charge in [0.2, 0.25) is 0 Å². The van der Waals surface area contributed by atoms with Gasteiger partial charge in [0.25, 0.3) is 0 Å². The lowest BCUT2D eigenvalue weighted by atomic mass is 10.5. The highest BCUT2D eigenvalue weighted by atomic mass is 32.1. The Labute approximate surface area is 65.7 Å². The van der Waals surface area contributed by atoms with Crippen LogP contribution in [0.3, 0.4) is 0 Å². The molecule has 1 aromatic heterocycles. The maximum Gasteiger partial charge on any atom is 0.324 e. The molecule has 1 rings (SSSR count). The van der Waals surface area contributed by atoms with E-state index in [1.165, 1.54) is 12.1 Å². The van der Waals surface area contributed by atoms with E-state index in [2.05, 4.69) is 5.16 Å². The topological polar surface area (TPSA) is 75.7 Å². The Morgan fingerprint density at radius 2 is 2.45 bits per heavy atom. The lowest BCUT2D eigenvalue weighted by molar-refractivity contribution is -0.380. The summed E-state index contributed by atoms with van der Waals surface area (Å²) in [4.78, 5) is 10.2. The Bertz CT molecular complexity index is 294. The monoisotopic (exact) mass is 172 g/mol. The number of nitro groups is 1. The second-order valence-electron chi connectivity index (χ2n) is 1.68. The summed E-state index contributed by atoms with van der Waals surface area (Å²) in [5, 5.41) is 21.0. The molecule has 0 aliphatic rings. The quantitative estimate of drug-likeness (QED) is 0.317. The van der Waals surface area contributed by atoms with Gasteiger partial charge in [-0.25, -0.2) is 0 Å². The number of nitrogens with zero attached hydrogens (tertiary/aromatic N) is 2. The molecular weight excluding hydrogens is 168 g/mol. The van der Waals surface area contributed by atoms with E-state index in [0.29, 0.717) is 4.88 Å². The molecule has 0 saturated carbocycles. The molecular formula is C5H4N2O3S. The number of oxime groups is 1. The Morgan fingerprint density at radius 1 is 1.73 bits per heavy atom. The predicted octanol–water partition coefficient (Wildman–Crippen LogP) is 1.46. The van der Waals surface area contributed by atoms with Gasteiger partial charge in [-0.2, -0.15) is 0 Å². The summed E-state index contributed by atoms with van der Waals surface area (Å²) in [7, 11) is 0. The summed E-state index contributed by atoms with van der Waals surface area (Å²) in [6, 6.07) is 2.88. The molecule has 0 unspecified atom stereocenters. The van der Waals surface area contributed by atoms with Crippen molar-refractivity contribution in [3.8, 4) is 0 Å². The molecule has 1 heterocycles. The van der Waals surface area contributed by atoms with Gasteiger partial charge in [0.05, 0.1) is 16.0 Å². The Balaban J connectivity index is 2.90. The normalized spacial score (nSPS) is 10.5. The van der Waals surface area contributed by atoms with Crippen LogP contribution < -0.4 is 0 Å². The minimum absolute atomic E-state index is 0.0416. The highest BCUT2D eigenvalue weighted by Crippen LogP contribution is 2.22. The largest absolute Gasteiger partial charge is 0.411 e. The minimum Gasteiger partial charge on any atom is -0.411 e. The Hall–Kier alpha value is -1.43. The Morgan fingerprint density at radius 3 is 2.91 bits per heavy atom. The average Bonchev–Trinajstić information content (AvgIpc) is 2.37. The van der Waals surface area contributed by atoms with Gasteiger partial charge in [-0.05, 0) is 6.07 Å². The molecule has 0 fully saturated rings. The van der Waals surface area contributed by atoms with Gasteiger partial charge >= 0.3 is 5.00 Å². The molecule has 0 amide bonds. The van der Waals surface area contributed by atoms with E-state index >= 15 is 0 Å². The van der Waals surface area contributed by atoms with Crippen molar-refractivity contribution in [2.24, 2.45) is 5.16 Å². The molecule has 1 aromatic rings. The fourth-order valence-electron chi connectivity index (χ4n) is 0.567. The highest BCUT2D eigenvalue weighted by Gasteiger charge is 2.07. The standard InChI is InChI=1S/C5H4N2O3S/c8-6-3-4-1-2-5(11-4)7(9)10/h1-3,8H/b6-3-. The molecule has 1 N–H and O–H groups in total. The van der Waals surface area contributed by atoms with Crippen molar-refractivity contribution in [2.75, 3.05) is 0 Å². The van der Waals surface area contributed by atoms with Crippen LogP contribution in [0.5, 0.6) is 0 Å². The van der Waals surface area contributed by atoms with Crippen molar-refractivity contribution in [3.63, 3.8) is 0 Å². The number of hydrogen-bond donors (Lipinski definition) is 1. The van der Waals surface area contributed by atoms with Gasteiger partial charge in [0.15, 0.2) is 0 Å². The highest BCUT2D eigenvalue weighted by molar-refractivity contribution is 7.16. The second kappa shape index (κ2) is 3.11. The van der Waals surface area contributed by atoms with Crippen molar-refractivity contribution in [3.05, 3.63) is 27.1 Å². The fraction of sp³-hybridized carbons (Fsp3) is 0. The van der Waals surface area contributed by atoms with Gasteiger partial charge in [-0.15, -0.1) is 0 Å². The second-order valence-corrected chi connectivity index (χ2v) is 2.77. The van der Waals surface area contributed by atoms with Crippen molar-refractivity contribution >= 4 is 22.6 Å². The van der Waals surface area contributed by atoms with E-state index in [0.717, 1.165) is 17.6 Å². The van der Waals surface area contributed by atoms with Crippen molar-refractivity contribution in [1.82, 2.24) is 0 Å². The molecule has 6 heteroatoms. The molecule has 0 aliphatic carbocycles. The first-order chi connectivity index (χ1) is 5.24. The first-order valence-electron chi connectivity index (χ1n) is 2.65. The Kier molecular flexibility index (Phi) is 2.17. The molecule has 58 valence electrons. The summed E-state index contributed by atoms with van der Waals surface area (Å²) >= 11 is 0.957. The molecule has 0 aromatic carbocycles. The van der Waals surface area contributed by atoms with Crippen LogP contribution in [0, 0.1) is 10.1 Å². The zero-order valence-corrected chi connectivity index (χ0v) is 6.11. The molecule has 0 radical (unpaired) electrons. The van der Waals surface area contributed by atoms with Gasteiger partial charge in [-0.1, -0.05) is 16.5 Å². The van der Waals surface area contributed by atoms with Crippen molar-refractivity contribution < 1.29 is 10.1 Å². The van der Waals surface area contributed by atoms with Crippen molar-refractivity contribution in [1.29, 1.82) is 0 Å². The van der Waals surface area contributed by atoms with Crippen LogP contribution in [-0.2, 0) is 0 Å². The predicted molar refractivity (Wildman–Crippen MR) is 40.4 cm³/mol. The third kappa shape index (κ3) is 1.74. The maximum atomic E-state index is 10.1. The van der Waals surface area contributed by atoms with Crippen LogP contribution >= 0.6 is 11.3 Å². The van der Waals surface area contributed by atoms with Gasteiger partial charge in [0.1, 0.15) is 0 Å². The van der Waals surface area contributed by atoms with Crippen LogP contribution in [0.2, 0.25) is 0 Å². The summed E-state index contributed by atoms with van der Waals surface area (Å²) in [6.07, 6.45) is 1.15. The van der Waals surface area contributed by atoms with E-state index in [1.807, 2.05) is 0 Å². The molecule has 0 spiro atoms. The summed E-state index contributed by atoms with van der Waals surface area (Å²) < 4.78 is 0. The molecule has 5 nitrogen and oxygen atoms in total. The minimum atomic E-state index is -0.487. The maximum absolute atomic E-state index is 10.1. The average molecular weight is 172 g/mol. The third-order valence-electron chi connectivity index (χ3n) is 0.978. The summed E-state index contributed by atoms with van der Waals surface area (Å²) in [5.74, 6) is 0. The lowest BCUT2D eigenvalue weighted by Gasteiger charge is -1.79. The van der Waals surface area contributed by atoms with Crippen molar-refractivity contribution in [2.45, 2.75) is 0 Å². The molecule has 0 atom stereocenters. The van der Waals surface area contributed by atoms with Crippen LogP contribution in [-0.4, -0.2) is 16.3 Å². The van der Waals surface area contributed by atoms with E-state index in [4.69, 9.17) is 5.21 Å². The number of thiophene rings is 1. The zero-order chi connectivity index (χ0) is 8.27. The molecule has 11 heavy (non-hydrogen) atoms. The van der Waals surface area contributed by atoms with Gasteiger partial charge in [-0.3, -0.25) is 10.1 Å². The summed E-state index contributed by atoms with van der Waals surface area (Å²) in [5.41, 5.74) is 0. The van der Waals surface area contributed by atoms with E-state index in [-0.39, 0.29) is 5.00 Å². The lowest BCUT2D eigenvalue weighted by Crippen LogP contribution is -1.80. The molecule has 0 aliphatic heterocycles. The summed E-state index contributed by atoms with van der Waals surface area (Å²) in [6.45, 7) is 0. The first kappa shape index (κ1) is 7.67.